The first-order chi connectivity index (χ1) is 28.9. The molecule has 3 aliphatic heterocycles. The molecule has 3 atom stereocenters. The number of carboxylic acid groups (broad SMARTS) is 1. The molecule has 0 radical (unpaired) electrons. The SMILES string of the molecule is COc1ccccc1C(Nc1cccc(C(=O)O)c1CC(=O)O[C@@H](Cc1c(Cl)c[n+]([O-])cc1Cl)c1ccc(OC(F)F)c(OCC2CC2)c1)C(=O)O[C@H]1CN2CCC1CC2. The number of carbonyl (C=O) groups is 3. The number of para-hydroxylation sites is 1. The van der Waals surface area contributed by atoms with E-state index in [2.05, 4.69) is 10.2 Å². The lowest BCUT2D eigenvalue weighted by Gasteiger charge is -2.44. The average molecular weight is 871 g/mol. The number of anilines is 1. The Morgan fingerprint density at radius 1 is 0.950 bits per heavy atom. The summed E-state index contributed by atoms with van der Waals surface area (Å²) >= 11 is 12.9. The quantitative estimate of drug-likeness (QED) is 0.0574. The molecule has 1 aromatic heterocycles. The molecule has 4 heterocycles. The Morgan fingerprint density at radius 3 is 2.33 bits per heavy atom. The van der Waals surface area contributed by atoms with Crippen LogP contribution in [-0.4, -0.2) is 74.0 Å². The van der Waals surface area contributed by atoms with Crippen LogP contribution >= 0.6 is 23.2 Å². The summed E-state index contributed by atoms with van der Waals surface area (Å²) < 4.78 is 55.6. The van der Waals surface area contributed by atoms with Crippen molar-refractivity contribution in [1.29, 1.82) is 0 Å². The fourth-order valence-corrected chi connectivity index (χ4v) is 8.30. The minimum absolute atomic E-state index is 0.00147. The van der Waals surface area contributed by atoms with Gasteiger partial charge in [-0.1, -0.05) is 53.5 Å². The van der Waals surface area contributed by atoms with Crippen molar-refractivity contribution in [3.8, 4) is 17.2 Å². The van der Waals surface area contributed by atoms with Crippen LogP contribution in [-0.2, 0) is 31.9 Å². The predicted octanol–water partition coefficient (Wildman–Crippen LogP) is 7.58. The van der Waals surface area contributed by atoms with Crippen molar-refractivity contribution in [2.75, 3.05) is 38.7 Å². The molecule has 3 saturated heterocycles. The van der Waals surface area contributed by atoms with Crippen molar-refractivity contribution < 1.29 is 56.7 Å². The number of ether oxygens (including phenoxy) is 5. The number of rotatable bonds is 18. The highest BCUT2D eigenvalue weighted by molar-refractivity contribution is 6.35. The number of aromatic nitrogens is 1. The normalized spacial score (nSPS) is 19.3. The Kier molecular flexibility index (Phi) is 13.5. The highest BCUT2D eigenvalue weighted by atomic mass is 35.5. The summed E-state index contributed by atoms with van der Waals surface area (Å²) in [6.45, 7) is -0.412. The largest absolute Gasteiger partial charge is 0.619 e. The lowest BCUT2D eigenvalue weighted by atomic mass is 9.86. The van der Waals surface area contributed by atoms with E-state index in [1.54, 1.807) is 30.3 Å². The number of carboxylic acids is 1. The average Bonchev–Trinajstić information content (AvgIpc) is 4.06. The number of esters is 2. The first kappa shape index (κ1) is 42.7. The third kappa shape index (κ3) is 10.3. The van der Waals surface area contributed by atoms with Gasteiger partial charge < -0.3 is 39.3 Å². The summed E-state index contributed by atoms with van der Waals surface area (Å²) in [5.74, 6) is -2.26. The number of halogens is 4. The van der Waals surface area contributed by atoms with Crippen molar-refractivity contribution in [3.63, 3.8) is 0 Å². The highest BCUT2D eigenvalue weighted by Gasteiger charge is 2.39. The van der Waals surface area contributed by atoms with E-state index >= 15 is 0 Å². The molecule has 4 aromatic rings. The maximum atomic E-state index is 14.2. The number of hydrogen-bond acceptors (Lipinski definition) is 11. The van der Waals surface area contributed by atoms with Gasteiger partial charge in [-0.25, -0.2) is 9.59 Å². The van der Waals surface area contributed by atoms with Gasteiger partial charge in [0, 0.05) is 35.3 Å². The number of hydrogen-bond donors (Lipinski definition) is 2. The summed E-state index contributed by atoms with van der Waals surface area (Å²) in [6, 6.07) is 14.1. The number of aromatic carboxylic acids is 1. The number of nitrogens with zero attached hydrogens (tertiary/aromatic N) is 2. The monoisotopic (exact) mass is 869 g/mol. The van der Waals surface area contributed by atoms with Gasteiger partial charge in [-0.05, 0) is 86.5 Å². The summed E-state index contributed by atoms with van der Waals surface area (Å²) in [6.07, 6.45) is 3.46. The van der Waals surface area contributed by atoms with Gasteiger partial charge in [0.15, 0.2) is 29.9 Å². The summed E-state index contributed by atoms with van der Waals surface area (Å²) in [4.78, 5) is 43.3. The number of fused-ring (bicyclic) bond motifs is 3. The number of methoxy groups -OCH3 is 1. The molecule has 3 aromatic carbocycles. The van der Waals surface area contributed by atoms with E-state index in [0.29, 0.717) is 22.6 Å². The van der Waals surface area contributed by atoms with Gasteiger partial charge in [-0.3, -0.25) is 9.69 Å². The molecule has 0 amide bonds. The van der Waals surface area contributed by atoms with Crippen LogP contribution in [0.5, 0.6) is 17.2 Å². The summed E-state index contributed by atoms with van der Waals surface area (Å²) in [5.41, 5.74) is 0.849. The molecule has 1 unspecified atom stereocenters. The molecular weight excluding hydrogens is 827 g/mol. The molecule has 1 aliphatic carbocycles. The van der Waals surface area contributed by atoms with Gasteiger partial charge in [0.1, 0.15) is 28.0 Å². The van der Waals surface area contributed by atoms with Gasteiger partial charge >= 0.3 is 24.5 Å². The Hall–Kier alpha value is -5.38. The van der Waals surface area contributed by atoms with Crippen molar-refractivity contribution in [2.24, 2.45) is 11.8 Å². The van der Waals surface area contributed by atoms with E-state index in [0.717, 1.165) is 51.2 Å². The Labute approximate surface area is 354 Å². The number of alkyl halides is 2. The zero-order valence-corrected chi connectivity index (χ0v) is 34.0. The fraction of sp³-hybridized carbons (Fsp3) is 0.395. The fourth-order valence-electron chi connectivity index (χ4n) is 7.70. The summed E-state index contributed by atoms with van der Waals surface area (Å²) in [7, 11) is 1.47. The molecule has 2 bridgehead atoms. The standard InChI is InChI=1S/C43H43Cl2F2N3O10/c1-56-34-8-3-2-5-28(34)40(42(54)59-38-22-49-15-13-25(38)14-16-49)48-33-7-4-6-27(41(52)53)29(33)19-39(51)58-36(18-30-31(44)20-50(55)21-32(30)45)26-11-12-35(60-43(46)47)37(17-26)57-23-24-9-10-24/h2-8,11-12,17,20-21,24-25,36,38,40,43,48H,9-10,13-16,18-19,22-23H2,1H3,(H,52,53)/t36-,38-,40?/m0/s1. The van der Waals surface area contributed by atoms with Crippen LogP contribution < -0.4 is 24.3 Å². The Morgan fingerprint density at radius 2 is 1.68 bits per heavy atom. The van der Waals surface area contributed by atoms with E-state index in [1.165, 1.54) is 37.4 Å². The van der Waals surface area contributed by atoms with Crippen LogP contribution in [0.25, 0.3) is 0 Å². The van der Waals surface area contributed by atoms with E-state index in [9.17, 15) is 33.5 Å². The van der Waals surface area contributed by atoms with Crippen LogP contribution in [0, 0.1) is 17.0 Å². The van der Waals surface area contributed by atoms with E-state index < -0.39 is 43.1 Å². The predicted molar refractivity (Wildman–Crippen MR) is 215 cm³/mol. The second kappa shape index (κ2) is 18.9. The van der Waals surface area contributed by atoms with Crippen molar-refractivity contribution in [1.82, 2.24) is 4.90 Å². The zero-order chi connectivity index (χ0) is 42.5. The molecule has 4 aliphatic rings. The first-order valence-electron chi connectivity index (χ1n) is 19.5. The minimum Gasteiger partial charge on any atom is -0.619 e. The van der Waals surface area contributed by atoms with Gasteiger partial charge in [0.05, 0.1) is 25.7 Å². The van der Waals surface area contributed by atoms with Crippen LogP contribution in [0.1, 0.15) is 70.4 Å². The maximum absolute atomic E-state index is 14.2. The second-order valence-corrected chi connectivity index (χ2v) is 15.9. The second-order valence-electron chi connectivity index (χ2n) is 15.1. The molecule has 17 heteroatoms. The Bertz CT molecular complexity index is 2200. The van der Waals surface area contributed by atoms with Crippen molar-refractivity contribution >= 4 is 46.8 Å². The smallest absolute Gasteiger partial charge is 0.387 e. The van der Waals surface area contributed by atoms with Gasteiger partial charge in [0.25, 0.3) is 0 Å². The van der Waals surface area contributed by atoms with Crippen LogP contribution in [0.3, 0.4) is 0 Å². The topological polar surface area (TPSA) is 160 Å². The lowest BCUT2D eigenvalue weighted by molar-refractivity contribution is -0.605. The molecule has 318 valence electrons. The molecule has 4 fully saturated rings. The molecular formula is C43H43Cl2F2N3O10. The molecule has 0 spiro atoms. The van der Waals surface area contributed by atoms with Crippen LogP contribution in [0.15, 0.2) is 73.1 Å². The maximum Gasteiger partial charge on any atom is 0.387 e. The number of pyridine rings is 1. The van der Waals surface area contributed by atoms with Crippen molar-refractivity contribution in [3.05, 3.63) is 116 Å². The lowest BCUT2D eigenvalue weighted by Crippen LogP contribution is -2.52. The van der Waals surface area contributed by atoms with E-state index in [1.807, 2.05) is 0 Å². The van der Waals surface area contributed by atoms with Gasteiger partial charge in [-0.2, -0.15) is 13.5 Å². The zero-order valence-electron chi connectivity index (χ0n) is 32.5. The van der Waals surface area contributed by atoms with Crippen LogP contribution in [0.4, 0.5) is 14.5 Å². The number of carbonyl (C=O) groups excluding carboxylic acids is 2. The number of piperidine rings is 3. The molecule has 2 N–H and O–H groups in total. The molecule has 1 saturated carbocycles. The Balaban J connectivity index is 1.21. The molecule has 8 rings (SSSR count). The van der Waals surface area contributed by atoms with E-state index in [-0.39, 0.29) is 80.5 Å². The number of nitrogens with one attached hydrogen (secondary N) is 1. The van der Waals surface area contributed by atoms with Gasteiger partial charge in [-0.15, -0.1) is 0 Å². The van der Waals surface area contributed by atoms with Crippen LogP contribution in [0.2, 0.25) is 10.0 Å². The highest BCUT2D eigenvalue weighted by Crippen LogP contribution is 2.39. The summed E-state index contributed by atoms with van der Waals surface area (Å²) in [5, 5.41) is 25.5. The third-order valence-electron chi connectivity index (χ3n) is 11.0. The minimum atomic E-state index is -3.14. The van der Waals surface area contributed by atoms with E-state index in [4.69, 9.17) is 46.9 Å². The van der Waals surface area contributed by atoms with Gasteiger partial charge in [0.2, 0.25) is 0 Å². The molecule has 60 heavy (non-hydrogen) atoms. The first-order valence-corrected chi connectivity index (χ1v) is 20.3. The van der Waals surface area contributed by atoms with Crippen molar-refractivity contribution in [2.45, 2.75) is 63.4 Å². The third-order valence-corrected chi connectivity index (χ3v) is 11.7. The number of benzene rings is 3. The molecule has 13 nitrogen and oxygen atoms in total.